The molecule has 9 heteroatoms. The Bertz CT molecular complexity index is 775. The van der Waals surface area contributed by atoms with Crippen molar-refractivity contribution in [1.29, 1.82) is 0 Å². The molecule has 3 rings (SSSR count). The molecule has 0 unspecified atom stereocenters. The number of nitrogens with one attached hydrogen (secondary N) is 1. The van der Waals surface area contributed by atoms with Gasteiger partial charge in [0.1, 0.15) is 11.4 Å². The minimum atomic E-state index is -0.523. The summed E-state index contributed by atoms with van der Waals surface area (Å²) in [5.41, 5.74) is -0.776. The number of nitrogens with zero attached hydrogens (tertiary/aromatic N) is 4. The molecule has 2 aliphatic rings. The summed E-state index contributed by atoms with van der Waals surface area (Å²) in [5, 5.41) is 2.65. The Balaban J connectivity index is 1.82. The SMILES string of the molecule is COCCNC(=O)c1cn2c(nc1=O)[C@@]1(CCN(C(=O)N(C)C)C1)CC2. The van der Waals surface area contributed by atoms with E-state index in [1.807, 2.05) is 4.57 Å². The minimum Gasteiger partial charge on any atom is -0.383 e. The molecule has 1 N–H and O–H groups in total. The zero-order valence-electron chi connectivity index (χ0n) is 15.4. The lowest BCUT2D eigenvalue weighted by molar-refractivity contribution is 0.0934. The second-order valence-electron chi connectivity index (χ2n) is 7.10. The van der Waals surface area contributed by atoms with Gasteiger partial charge in [-0.15, -0.1) is 0 Å². The fourth-order valence-corrected chi connectivity index (χ4v) is 3.76. The van der Waals surface area contributed by atoms with Crippen LogP contribution in [0.4, 0.5) is 4.79 Å². The summed E-state index contributed by atoms with van der Waals surface area (Å²) in [6.45, 7) is 2.60. The Morgan fingerprint density at radius 3 is 2.77 bits per heavy atom. The third kappa shape index (κ3) is 3.18. The summed E-state index contributed by atoms with van der Waals surface area (Å²) in [5.74, 6) is 0.247. The largest absolute Gasteiger partial charge is 0.383 e. The van der Waals surface area contributed by atoms with Crippen LogP contribution in [0.25, 0.3) is 0 Å². The highest BCUT2D eigenvalue weighted by Gasteiger charge is 2.47. The maximum absolute atomic E-state index is 12.4. The van der Waals surface area contributed by atoms with Crippen LogP contribution < -0.4 is 10.9 Å². The van der Waals surface area contributed by atoms with Gasteiger partial charge in [-0.1, -0.05) is 0 Å². The van der Waals surface area contributed by atoms with Crippen LogP contribution in [0.3, 0.4) is 0 Å². The Morgan fingerprint density at radius 1 is 1.35 bits per heavy atom. The van der Waals surface area contributed by atoms with E-state index in [1.54, 1.807) is 37.2 Å². The fourth-order valence-electron chi connectivity index (χ4n) is 3.76. The summed E-state index contributed by atoms with van der Waals surface area (Å²) >= 11 is 0. The molecule has 1 aromatic rings. The summed E-state index contributed by atoms with van der Waals surface area (Å²) in [4.78, 5) is 44.4. The van der Waals surface area contributed by atoms with Gasteiger partial charge in [-0.25, -0.2) is 4.79 Å². The van der Waals surface area contributed by atoms with Gasteiger partial charge >= 0.3 is 6.03 Å². The van der Waals surface area contributed by atoms with Crippen molar-refractivity contribution in [3.8, 4) is 0 Å². The number of likely N-dealkylation sites (tertiary alicyclic amines) is 1. The Labute approximate surface area is 151 Å². The average molecular weight is 363 g/mol. The predicted molar refractivity (Wildman–Crippen MR) is 94.3 cm³/mol. The summed E-state index contributed by atoms with van der Waals surface area (Å²) in [6.07, 6.45) is 3.18. The van der Waals surface area contributed by atoms with Gasteiger partial charge in [-0.2, -0.15) is 4.98 Å². The second-order valence-corrected chi connectivity index (χ2v) is 7.10. The number of hydrogen-bond donors (Lipinski definition) is 1. The van der Waals surface area contributed by atoms with Gasteiger partial charge in [-0.05, 0) is 12.8 Å². The number of urea groups is 1. The number of carbonyl (C=O) groups is 2. The van der Waals surface area contributed by atoms with Crippen LogP contribution in [0.15, 0.2) is 11.0 Å². The van der Waals surface area contributed by atoms with Crippen molar-refractivity contribution in [2.75, 3.05) is 47.4 Å². The highest BCUT2D eigenvalue weighted by Crippen LogP contribution is 2.41. The van der Waals surface area contributed by atoms with E-state index in [9.17, 15) is 14.4 Å². The van der Waals surface area contributed by atoms with Crippen LogP contribution in [0, 0.1) is 0 Å². The maximum atomic E-state index is 12.4. The minimum absolute atomic E-state index is 0.0307. The lowest BCUT2D eigenvalue weighted by atomic mass is 9.85. The van der Waals surface area contributed by atoms with E-state index in [0.717, 1.165) is 12.8 Å². The quantitative estimate of drug-likeness (QED) is 0.738. The van der Waals surface area contributed by atoms with E-state index in [2.05, 4.69) is 10.3 Å². The molecular formula is C17H25N5O4. The molecule has 1 fully saturated rings. The van der Waals surface area contributed by atoms with Gasteiger partial charge in [0, 0.05) is 59.0 Å². The van der Waals surface area contributed by atoms with Crippen LogP contribution >= 0.6 is 0 Å². The Kier molecular flexibility index (Phi) is 4.99. The van der Waals surface area contributed by atoms with Gasteiger partial charge < -0.3 is 24.4 Å². The molecule has 0 aromatic carbocycles. The molecule has 3 heterocycles. The van der Waals surface area contributed by atoms with Crippen LogP contribution in [-0.4, -0.2) is 78.7 Å². The molecule has 0 saturated carbocycles. The van der Waals surface area contributed by atoms with Gasteiger partial charge in [0.25, 0.3) is 11.5 Å². The number of rotatable bonds is 4. The second kappa shape index (κ2) is 7.06. The molecule has 26 heavy (non-hydrogen) atoms. The van der Waals surface area contributed by atoms with E-state index < -0.39 is 11.5 Å². The highest BCUT2D eigenvalue weighted by molar-refractivity contribution is 5.93. The summed E-state index contributed by atoms with van der Waals surface area (Å²) in [6, 6.07) is -0.0307. The normalized spacial score (nSPS) is 21.1. The molecule has 9 nitrogen and oxygen atoms in total. The van der Waals surface area contributed by atoms with Crippen LogP contribution in [-0.2, 0) is 16.7 Å². The molecular weight excluding hydrogens is 338 g/mol. The molecule has 1 spiro atoms. The molecule has 142 valence electrons. The molecule has 0 aliphatic carbocycles. The van der Waals surface area contributed by atoms with Crippen molar-refractivity contribution < 1.29 is 14.3 Å². The van der Waals surface area contributed by atoms with E-state index in [4.69, 9.17) is 4.74 Å². The highest BCUT2D eigenvalue weighted by atomic mass is 16.5. The van der Waals surface area contributed by atoms with Crippen molar-refractivity contribution >= 4 is 11.9 Å². The third-order valence-electron chi connectivity index (χ3n) is 5.14. The smallest absolute Gasteiger partial charge is 0.319 e. The topological polar surface area (TPSA) is 96.8 Å². The Morgan fingerprint density at radius 2 is 2.08 bits per heavy atom. The number of fused-ring (bicyclic) bond motifs is 2. The van der Waals surface area contributed by atoms with Crippen LogP contribution in [0.1, 0.15) is 29.0 Å². The first-order chi connectivity index (χ1) is 12.4. The van der Waals surface area contributed by atoms with E-state index in [1.165, 1.54) is 0 Å². The number of aromatic nitrogens is 2. The summed E-state index contributed by atoms with van der Waals surface area (Å²) in [7, 11) is 5.00. The van der Waals surface area contributed by atoms with Crippen molar-refractivity contribution in [1.82, 2.24) is 24.7 Å². The number of hydrogen-bond acceptors (Lipinski definition) is 5. The monoisotopic (exact) mass is 363 g/mol. The van der Waals surface area contributed by atoms with Crippen molar-refractivity contribution in [3.63, 3.8) is 0 Å². The van der Waals surface area contributed by atoms with Crippen molar-refractivity contribution in [3.05, 3.63) is 27.9 Å². The maximum Gasteiger partial charge on any atom is 0.319 e. The van der Waals surface area contributed by atoms with Crippen molar-refractivity contribution in [2.24, 2.45) is 0 Å². The lowest BCUT2D eigenvalue weighted by Crippen LogP contribution is -2.40. The lowest BCUT2D eigenvalue weighted by Gasteiger charge is -2.25. The third-order valence-corrected chi connectivity index (χ3v) is 5.14. The average Bonchev–Trinajstić information content (AvgIpc) is 3.19. The van der Waals surface area contributed by atoms with Gasteiger partial charge in [0.15, 0.2) is 0 Å². The zero-order valence-corrected chi connectivity index (χ0v) is 15.4. The van der Waals surface area contributed by atoms with Gasteiger partial charge in [0.2, 0.25) is 0 Å². The molecule has 1 saturated heterocycles. The predicted octanol–water partition coefficient (Wildman–Crippen LogP) is -0.352. The standard InChI is InChI=1S/C17H25N5O4/c1-20(2)16(25)22-8-5-17(11-22)4-7-21-10-12(14(24)19-15(17)21)13(23)18-6-9-26-3/h10H,4-9,11H2,1-3H3,(H,18,23)/t17-/m1/s1. The molecule has 1 aromatic heterocycles. The first kappa shape index (κ1) is 18.4. The number of ether oxygens (including phenoxy) is 1. The number of methoxy groups -OCH3 is 1. The molecule has 3 amide bonds. The Hall–Kier alpha value is -2.42. The molecule has 2 aliphatic heterocycles. The number of amides is 3. The first-order valence-electron chi connectivity index (χ1n) is 8.73. The number of aryl methyl sites for hydroxylation is 1. The number of carbonyl (C=O) groups excluding carboxylic acids is 2. The molecule has 0 bridgehead atoms. The van der Waals surface area contributed by atoms with Crippen LogP contribution in [0.2, 0.25) is 0 Å². The molecule has 0 radical (unpaired) electrons. The van der Waals surface area contributed by atoms with Crippen LogP contribution in [0.5, 0.6) is 0 Å². The van der Waals surface area contributed by atoms with Crippen molar-refractivity contribution in [2.45, 2.75) is 24.8 Å². The van der Waals surface area contributed by atoms with Gasteiger partial charge in [0.05, 0.1) is 6.61 Å². The summed E-state index contributed by atoms with van der Waals surface area (Å²) < 4.78 is 6.78. The van der Waals surface area contributed by atoms with E-state index in [0.29, 0.717) is 38.6 Å². The van der Waals surface area contributed by atoms with E-state index in [-0.39, 0.29) is 17.0 Å². The van der Waals surface area contributed by atoms with Gasteiger partial charge in [-0.3, -0.25) is 9.59 Å². The van der Waals surface area contributed by atoms with E-state index >= 15 is 0 Å². The zero-order chi connectivity index (χ0) is 18.9. The molecule has 1 atom stereocenters. The first-order valence-corrected chi connectivity index (χ1v) is 8.73. The fraction of sp³-hybridized carbons (Fsp3) is 0.647.